The molecule has 0 bridgehead atoms. The Kier molecular flexibility index (Phi) is 7.09. The van der Waals surface area contributed by atoms with E-state index in [0.29, 0.717) is 6.04 Å². The first-order valence-corrected chi connectivity index (χ1v) is 7.39. The molecule has 1 unspecified atom stereocenters. The number of nitrogens with zero attached hydrogens (tertiary/aromatic N) is 2. The molecule has 1 fully saturated rings. The van der Waals surface area contributed by atoms with Crippen molar-refractivity contribution in [2.75, 3.05) is 33.2 Å². The molecule has 18 heavy (non-hydrogen) atoms. The summed E-state index contributed by atoms with van der Waals surface area (Å²) >= 11 is 0. The molecule has 1 heterocycles. The Morgan fingerprint density at radius 3 is 2.56 bits per heavy atom. The predicted octanol–water partition coefficient (Wildman–Crippen LogP) is 1.68. The Labute approximate surface area is 112 Å². The minimum absolute atomic E-state index is 0.486. The molecule has 4 nitrogen and oxygen atoms in total. The van der Waals surface area contributed by atoms with Gasteiger partial charge in [-0.15, -0.1) is 0 Å². The smallest absolute Gasteiger partial charge is 0.191 e. The van der Waals surface area contributed by atoms with Crippen molar-refractivity contribution in [1.29, 1.82) is 0 Å². The van der Waals surface area contributed by atoms with Crippen LogP contribution in [0, 0.1) is 5.92 Å². The Morgan fingerprint density at radius 1 is 1.33 bits per heavy atom. The molecule has 0 spiro atoms. The van der Waals surface area contributed by atoms with Crippen LogP contribution in [-0.4, -0.2) is 50.1 Å². The van der Waals surface area contributed by atoms with Gasteiger partial charge < -0.3 is 15.5 Å². The Hall–Kier alpha value is -0.770. The summed E-state index contributed by atoms with van der Waals surface area (Å²) in [5, 5.41) is 6.77. The highest BCUT2D eigenvalue weighted by atomic mass is 15.2. The van der Waals surface area contributed by atoms with Crippen LogP contribution < -0.4 is 10.6 Å². The molecular weight excluding hydrogens is 224 g/mol. The molecule has 1 saturated heterocycles. The summed E-state index contributed by atoms with van der Waals surface area (Å²) in [6.45, 7) is 10.8. The lowest BCUT2D eigenvalue weighted by Gasteiger charge is -2.28. The molecule has 0 radical (unpaired) electrons. The van der Waals surface area contributed by atoms with Gasteiger partial charge in [-0.25, -0.2) is 0 Å². The number of hydrogen-bond acceptors (Lipinski definition) is 2. The van der Waals surface area contributed by atoms with E-state index in [9.17, 15) is 0 Å². The highest BCUT2D eigenvalue weighted by Crippen LogP contribution is 2.15. The topological polar surface area (TPSA) is 39.7 Å². The van der Waals surface area contributed by atoms with E-state index in [1.54, 1.807) is 0 Å². The molecule has 1 atom stereocenters. The van der Waals surface area contributed by atoms with E-state index in [0.717, 1.165) is 31.4 Å². The molecule has 0 aliphatic carbocycles. The van der Waals surface area contributed by atoms with Crippen molar-refractivity contribution in [1.82, 2.24) is 15.5 Å². The highest BCUT2D eigenvalue weighted by Gasteiger charge is 2.16. The zero-order chi connectivity index (χ0) is 13.4. The molecule has 2 N–H and O–H groups in total. The molecule has 0 amide bonds. The normalized spacial score (nSPS) is 20.8. The van der Waals surface area contributed by atoms with Gasteiger partial charge in [-0.2, -0.15) is 0 Å². The second-order valence-corrected chi connectivity index (χ2v) is 5.42. The van der Waals surface area contributed by atoms with E-state index in [2.05, 4.69) is 43.4 Å². The standard InChI is InChI=1S/C14H30N4/c1-5-12(3)17-14(15-6-2)16-11-13-7-9-18(4)10-8-13/h12-13H,5-11H2,1-4H3,(H2,15,16,17). The monoisotopic (exact) mass is 254 g/mol. The first-order chi connectivity index (χ1) is 8.65. The average Bonchev–Trinajstić information content (AvgIpc) is 2.38. The molecule has 0 aromatic carbocycles. The molecule has 4 heteroatoms. The average molecular weight is 254 g/mol. The van der Waals surface area contributed by atoms with E-state index >= 15 is 0 Å². The highest BCUT2D eigenvalue weighted by molar-refractivity contribution is 5.80. The van der Waals surface area contributed by atoms with Crippen molar-refractivity contribution in [3.05, 3.63) is 0 Å². The van der Waals surface area contributed by atoms with Gasteiger partial charge in [-0.05, 0) is 59.2 Å². The minimum atomic E-state index is 0.486. The molecule has 106 valence electrons. The molecule has 1 rings (SSSR count). The Balaban J connectivity index is 2.39. The van der Waals surface area contributed by atoms with Gasteiger partial charge in [0.25, 0.3) is 0 Å². The third-order valence-corrected chi connectivity index (χ3v) is 3.69. The quantitative estimate of drug-likeness (QED) is 0.579. The van der Waals surface area contributed by atoms with Crippen molar-refractivity contribution in [3.63, 3.8) is 0 Å². The van der Waals surface area contributed by atoms with E-state index < -0.39 is 0 Å². The van der Waals surface area contributed by atoms with Crippen molar-refractivity contribution in [2.45, 2.75) is 46.1 Å². The number of rotatable bonds is 5. The van der Waals surface area contributed by atoms with Crippen molar-refractivity contribution in [2.24, 2.45) is 10.9 Å². The van der Waals surface area contributed by atoms with E-state index in [-0.39, 0.29) is 0 Å². The zero-order valence-electron chi connectivity index (χ0n) is 12.5. The van der Waals surface area contributed by atoms with Crippen LogP contribution in [-0.2, 0) is 0 Å². The largest absolute Gasteiger partial charge is 0.357 e. The van der Waals surface area contributed by atoms with Crippen LogP contribution >= 0.6 is 0 Å². The van der Waals surface area contributed by atoms with E-state index in [1.807, 2.05) is 0 Å². The summed E-state index contributed by atoms with van der Waals surface area (Å²) in [6.07, 6.45) is 3.68. The number of aliphatic imine (C=N–C) groups is 1. The molecule has 1 aliphatic heterocycles. The summed E-state index contributed by atoms with van der Waals surface area (Å²) in [5.74, 6) is 1.74. The van der Waals surface area contributed by atoms with Crippen molar-refractivity contribution in [3.8, 4) is 0 Å². The minimum Gasteiger partial charge on any atom is -0.357 e. The van der Waals surface area contributed by atoms with Gasteiger partial charge in [0.2, 0.25) is 0 Å². The van der Waals surface area contributed by atoms with Crippen LogP contribution in [0.1, 0.15) is 40.0 Å². The molecule has 0 aromatic rings. The maximum atomic E-state index is 4.73. The molecule has 0 saturated carbocycles. The number of likely N-dealkylation sites (tertiary alicyclic amines) is 1. The number of hydrogen-bond donors (Lipinski definition) is 2. The van der Waals surface area contributed by atoms with Crippen LogP contribution in [0.25, 0.3) is 0 Å². The zero-order valence-corrected chi connectivity index (χ0v) is 12.5. The molecule has 1 aliphatic rings. The second kappa shape index (κ2) is 8.35. The van der Waals surface area contributed by atoms with Gasteiger partial charge in [0, 0.05) is 19.1 Å². The lowest BCUT2D eigenvalue weighted by Crippen LogP contribution is -2.42. The Morgan fingerprint density at radius 2 is 2.00 bits per heavy atom. The lowest BCUT2D eigenvalue weighted by atomic mass is 9.97. The van der Waals surface area contributed by atoms with Gasteiger partial charge in [-0.1, -0.05) is 6.92 Å². The number of nitrogens with one attached hydrogen (secondary N) is 2. The summed E-state index contributed by atoms with van der Waals surface area (Å²) in [5.41, 5.74) is 0. The first kappa shape index (κ1) is 15.3. The Bertz CT molecular complexity index is 244. The number of guanidine groups is 1. The van der Waals surface area contributed by atoms with Gasteiger partial charge in [-0.3, -0.25) is 4.99 Å². The third-order valence-electron chi connectivity index (χ3n) is 3.69. The maximum Gasteiger partial charge on any atom is 0.191 e. The fraction of sp³-hybridized carbons (Fsp3) is 0.929. The molecular formula is C14H30N4. The summed E-state index contributed by atoms with van der Waals surface area (Å²) < 4.78 is 0. The number of piperidine rings is 1. The predicted molar refractivity (Wildman–Crippen MR) is 79.1 cm³/mol. The van der Waals surface area contributed by atoms with Crippen LogP contribution in [0.3, 0.4) is 0 Å². The van der Waals surface area contributed by atoms with Crippen LogP contribution in [0.15, 0.2) is 4.99 Å². The van der Waals surface area contributed by atoms with Crippen LogP contribution in [0.4, 0.5) is 0 Å². The van der Waals surface area contributed by atoms with E-state index in [4.69, 9.17) is 4.99 Å². The van der Waals surface area contributed by atoms with E-state index in [1.165, 1.54) is 25.9 Å². The van der Waals surface area contributed by atoms with Crippen LogP contribution in [0.5, 0.6) is 0 Å². The SMILES string of the molecule is CCNC(=NCC1CCN(C)CC1)NC(C)CC. The van der Waals surface area contributed by atoms with Gasteiger partial charge in [0.15, 0.2) is 5.96 Å². The molecule has 0 aromatic heterocycles. The fourth-order valence-electron chi connectivity index (χ4n) is 2.12. The second-order valence-electron chi connectivity index (χ2n) is 5.42. The summed E-state index contributed by atoms with van der Waals surface area (Å²) in [7, 11) is 2.20. The first-order valence-electron chi connectivity index (χ1n) is 7.39. The summed E-state index contributed by atoms with van der Waals surface area (Å²) in [4.78, 5) is 7.13. The van der Waals surface area contributed by atoms with Crippen molar-refractivity contribution < 1.29 is 0 Å². The van der Waals surface area contributed by atoms with Gasteiger partial charge in [0.05, 0.1) is 0 Å². The summed E-state index contributed by atoms with van der Waals surface area (Å²) in [6, 6.07) is 0.486. The van der Waals surface area contributed by atoms with Crippen molar-refractivity contribution >= 4 is 5.96 Å². The van der Waals surface area contributed by atoms with Gasteiger partial charge in [0.1, 0.15) is 0 Å². The van der Waals surface area contributed by atoms with Gasteiger partial charge >= 0.3 is 0 Å². The van der Waals surface area contributed by atoms with Crippen LogP contribution in [0.2, 0.25) is 0 Å². The lowest BCUT2D eigenvalue weighted by molar-refractivity contribution is 0.223. The third kappa shape index (κ3) is 5.71. The maximum absolute atomic E-state index is 4.73. The fourth-order valence-corrected chi connectivity index (χ4v) is 2.12.